The highest BCUT2D eigenvalue weighted by atomic mass is 16.5. The molecule has 11 nitrogen and oxygen atoms in total. The molecule has 0 bridgehead atoms. The third-order valence-corrected chi connectivity index (χ3v) is 10.6. The summed E-state index contributed by atoms with van der Waals surface area (Å²) in [7, 11) is 3.86. The van der Waals surface area contributed by atoms with Gasteiger partial charge in [-0.2, -0.15) is 0 Å². The Bertz CT molecular complexity index is 1850. The number of hydrogen-bond donors (Lipinski definition) is 2. The fourth-order valence-corrected chi connectivity index (χ4v) is 7.25. The molecule has 2 unspecified atom stereocenters. The van der Waals surface area contributed by atoms with Gasteiger partial charge >= 0.3 is 0 Å². The number of amides is 2. The zero-order valence-electron chi connectivity index (χ0n) is 29.8. The number of piperidine rings is 1. The Morgan fingerprint density at radius 3 is 2.55 bits per heavy atom. The number of fused-ring (bicyclic) bond motifs is 1. The summed E-state index contributed by atoms with van der Waals surface area (Å²) in [5.74, 6) is 1.29. The molecule has 2 aliphatic rings. The summed E-state index contributed by atoms with van der Waals surface area (Å²) in [5, 5.41) is 3.95. The van der Waals surface area contributed by atoms with Gasteiger partial charge in [-0.15, -0.1) is 0 Å². The van der Waals surface area contributed by atoms with Gasteiger partial charge in [0.25, 0.3) is 11.8 Å². The smallest absolute Gasteiger partial charge is 0.256 e. The van der Waals surface area contributed by atoms with Crippen LogP contribution in [-0.4, -0.2) is 90.5 Å². The molecule has 4 heterocycles. The largest absolute Gasteiger partial charge is 0.494 e. The second-order valence-corrected chi connectivity index (χ2v) is 14.0. The van der Waals surface area contributed by atoms with E-state index in [1.807, 2.05) is 31.2 Å². The molecule has 2 atom stereocenters. The number of aromatic nitrogens is 2. The Hall–Kier alpha value is -5.03. The molecule has 11 heteroatoms. The quantitative estimate of drug-likeness (QED) is 0.143. The van der Waals surface area contributed by atoms with Crippen LogP contribution in [0.15, 0.2) is 60.8 Å². The van der Waals surface area contributed by atoms with Crippen LogP contribution in [0.1, 0.15) is 94.7 Å². The predicted molar refractivity (Wildman–Crippen MR) is 199 cm³/mol. The number of nitrogens with zero attached hydrogens (tertiary/aromatic N) is 4. The number of aromatic amines is 1. The Kier molecular flexibility index (Phi) is 11.5. The Morgan fingerprint density at radius 2 is 1.84 bits per heavy atom. The molecule has 2 saturated heterocycles. The summed E-state index contributed by atoms with van der Waals surface area (Å²) in [6.45, 7) is 5.29. The SMILES string of the molecule is CC(CCC=O)N(C)C(=O)c1ccc(N2CCC(CCOc3ccc(C(=O)Nc4cc5[nH]c(C6CCCN6C)cc5cn4)cc3)CC2)cc1C=O. The first-order valence-corrected chi connectivity index (χ1v) is 18.0. The first kappa shape index (κ1) is 35.8. The van der Waals surface area contributed by atoms with Gasteiger partial charge in [0.1, 0.15) is 17.9 Å². The first-order valence-electron chi connectivity index (χ1n) is 18.0. The van der Waals surface area contributed by atoms with Crippen LogP contribution in [0.2, 0.25) is 0 Å². The van der Waals surface area contributed by atoms with E-state index in [0.29, 0.717) is 53.9 Å². The lowest BCUT2D eigenvalue weighted by atomic mass is 9.93. The van der Waals surface area contributed by atoms with Gasteiger partial charge < -0.3 is 29.6 Å². The van der Waals surface area contributed by atoms with E-state index in [4.69, 9.17) is 4.74 Å². The monoisotopic (exact) mass is 692 g/mol. The molecule has 0 saturated carbocycles. The van der Waals surface area contributed by atoms with Crippen LogP contribution < -0.4 is 15.0 Å². The van der Waals surface area contributed by atoms with Crippen LogP contribution >= 0.6 is 0 Å². The highest BCUT2D eigenvalue weighted by Crippen LogP contribution is 2.32. The highest BCUT2D eigenvalue weighted by Gasteiger charge is 2.25. The maximum atomic E-state index is 13.1. The van der Waals surface area contributed by atoms with Crippen molar-refractivity contribution < 1.29 is 23.9 Å². The molecule has 0 spiro atoms. The normalized spacial score (nSPS) is 17.3. The number of H-pyrrole nitrogens is 1. The third kappa shape index (κ3) is 8.48. The van der Waals surface area contributed by atoms with Gasteiger partial charge in [0.05, 0.1) is 17.7 Å². The van der Waals surface area contributed by atoms with Gasteiger partial charge in [-0.25, -0.2) is 4.98 Å². The topological polar surface area (TPSA) is 128 Å². The molecular weight excluding hydrogens is 644 g/mol. The molecule has 51 heavy (non-hydrogen) atoms. The molecule has 2 N–H and O–H groups in total. The second-order valence-electron chi connectivity index (χ2n) is 14.0. The molecule has 2 aromatic carbocycles. The average Bonchev–Trinajstić information content (AvgIpc) is 3.78. The van der Waals surface area contributed by atoms with E-state index >= 15 is 0 Å². The van der Waals surface area contributed by atoms with Crippen molar-refractivity contribution in [3.05, 3.63) is 83.2 Å². The van der Waals surface area contributed by atoms with Crippen LogP contribution in [0.5, 0.6) is 5.75 Å². The minimum absolute atomic E-state index is 0.108. The summed E-state index contributed by atoms with van der Waals surface area (Å²) in [6.07, 6.45) is 9.61. The molecule has 2 amide bonds. The highest BCUT2D eigenvalue weighted by molar-refractivity contribution is 6.04. The minimum atomic E-state index is -0.225. The van der Waals surface area contributed by atoms with Crippen LogP contribution in [0.4, 0.5) is 11.5 Å². The predicted octanol–water partition coefficient (Wildman–Crippen LogP) is 6.52. The standard InChI is InChI=1S/C40H48N6O5/c1-27(6-5-20-47)45(3)40(50)34-13-10-32(22-31(34)26-48)46-18-14-28(15-19-46)16-21-51-33-11-8-29(9-12-33)39(49)43-38-24-35-30(25-41-38)23-36(42-35)37-7-4-17-44(37)2/h8-13,20,22-28,37,42H,4-7,14-19,21H2,1-3H3,(H,41,43,49). The second kappa shape index (κ2) is 16.3. The summed E-state index contributed by atoms with van der Waals surface area (Å²) < 4.78 is 6.04. The van der Waals surface area contributed by atoms with Gasteiger partial charge in [0.2, 0.25) is 0 Å². The van der Waals surface area contributed by atoms with Crippen molar-refractivity contribution in [3.8, 4) is 5.75 Å². The molecule has 4 aromatic rings. The van der Waals surface area contributed by atoms with Gasteiger partial charge in [0, 0.05) is 78.8 Å². The Labute approximate surface area is 299 Å². The van der Waals surface area contributed by atoms with Crippen LogP contribution in [0, 0.1) is 5.92 Å². The maximum Gasteiger partial charge on any atom is 0.256 e. The Morgan fingerprint density at radius 1 is 1.06 bits per heavy atom. The molecule has 0 aliphatic carbocycles. The number of rotatable bonds is 14. The van der Waals surface area contributed by atoms with Crippen molar-refractivity contribution in [1.82, 2.24) is 19.8 Å². The number of carbonyl (C=O) groups is 4. The van der Waals surface area contributed by atoms with Gasteiger partial charge in [0.15, 0.2) is 6.29 Å². The van der Waals surface area contributed by atoms with Crippen LogP contribution in [0.25, 0.3) is 10.9 Å². The van der Waals surface area contributed by atoms with Crippen LogP contribution in [0.3, 0.4) is 0 Å². The Balaban J connectivity index is 0.947. The van der Waals surface area contributed by atoms with Crippen molar-refractivity contribution in [1.29, 1.82) is 0 Å². The van der Waals surface area contributed by atoms with Crippen molar-refractivity contribution in [3.63, 3.8) is 0 Å². The molecule has 2 fully saturated rings. The summed E-state index contributed by atoms with van der Waals surface area (Å²) in [6, 6.07) is 17.0. The number of benzene rings is 2. The zero-order valence-corrected chi connectivity index (χ0v) is 29.8. The van der Waals surface area contributed by atoms with Crippen LogP contribution in [-0.2, 0) is 4.79 Å². The number of carbonyl (C=O) groups excluding carboxylic acids is 4. The third-order valence-electron chi connectivity index (χ3n) is 10.6. The number of ether oxygens (including phenoxy) is 1. The number of aldehydes is 2. The zero-order chi connectivity index (χ0) is 35.9. The van der Waals surface area contributed by atoms with Crippen molar-refractivity contribution in [2.75, 3.05) is 50.6 Å². The van der Waals surface area contributed by atoms with Gasteiger partial charge in [-0.05, 0) is 113 Å². The van der Waals surface area contributed by atoms with E-state index in [0.717, 1.165) is 80.2 Å². The van der Waals surface area contributed by atoms with E-state index in [2.05, 4.69) is 38.2 Å². The molecule has 6 rings (SSSR count). The summed E-state index contributed by atoms with van der Waals surface area (Å²) in [4.78, 5) is 63.0. The van der Waals surface area contributed by atoms with Crippen molar-refractivity contribution in [2.24, 2.45) is 5.92 Å². The lowest BCUT2D eigenvalue weighted by Crippen LogP contribution is -2.36. The molecule has 2 aliphatic heterocycles. The minimum Gasteiger partial charge on any atom is -0.494 e. The summed E-state index contributed by atoms with van der Waals surface area (Å²) in [5.41, 5.74) is 4.37. The van der Waals surface area contributed by atoms with E-state index in [9.17, 15) is 19.2 Å². The average molecular weight is 693 g/mol. The van der Waals surface area contributed by atoms with Crippen molar-refractivity contribution >= 4 is 46.8 Å². The molecule has 0 radical (unpaired) electrons. The van der Waals surface area contributed by atoms with E-state index in [1.54, 1.807) is 42.4 Å². The number of hydrogen-bond acceptors (Lipinski definition) is 8. The number of pyridine rings is 1. The van der Waals surface area contributed by atoms with Gasteiger partial charge in [-0.1, -0.05) is 0 Å². The van der Waals surface area contributed by atoms with E-state index in [-0.39, 0.29) is 17.9 Å². The fourth-order valence-electron chi connectivity index (χ4n) is 7.25. The number of anilines is 2. The lowest BCUT2D eigenvalue weighted by molar-refractivity contribution is -0.108. The van der Waals surface area contributed by atoms with Gasteiger partial charge in [-0.3, -0.25) is 19.3 Å². The molecule has 2 aromatic heterocycles. The lowest BCUT2D eigenvalue weighted by Gasteiger charge is -2.34. The molecular formula is C40H48N6O5. The first-order chi connectivity index (χ1) is 24.7. The number of likely N-dealkylation sites (tertiary alicyclic amines) is 1. The molecule has 268 valence electrons. The fraction of sp³-hybridized carbons (Fsp3) is 0.425. The maximum absolute atomic E-state index is 13.1. The summed E-state index contributed by atoms with van der Waals surface area (Å²) >= 11 is 0. The van der Waals surface area contributed by atoms with Crippen molar-refractivity contribution in [2.45, 2.75) is 64.0 Å². The number of nitrogens with one attached hydrogen (secondary N) is 2. The van der Waals surface area contributed by atoms with E-state index in [1.165, 1.54) is 12.1 Å². The van der Waals surface area contributed by atoms with E-state index < -0.39 is 0 Å².